The van der Waals surface area contributed by atoms with Crippen LogP contribution in [0.15, 0.2) is 67.4 Å². The van der Waals surface area contributed by atoms with Crippen LogP contribution in [-0.4, -0.2) is 20.4 Å². The van der Waals surface area contributed by atoms with E-state index in [4.69, 9.17) is 0 Å². The summed E-state index contributed by atoms with van der Waals surface area (Å²) >= 11 is 0. The average Bonchev–Trinajstić information content (AvgIpc) is 3.30. The number of nitrogens with one attached hydrogen (secondary N) is 2. The van der Waals surface area contributed by atoms with Gasteiger partial charge in [0.05, 0.1) is 18.4 Å². The monoisotopic (exact) mass is 348 g/mol. The molecule has 6 heteroatoms. The average molecular weight is 348 g/mol. The van der Waals surface area contributed by atoms with Crippen molar-refractivity contribution in [2.24, 2.45) is 0 Å². The number of amides is 1. The minimum atomic E-state index is -0.300. The Hall–Kier alpha value is -3.41. The maximum atomic E-state index is 13.3. The Morgan fingerprint density at radius 1 is 1.19 bits per heavy atom. The summed E-state index contributed by atoms with van der Waals surface area (Å²) in [6.45, 7) is 0.421. The first-order valence-corrected chi connectivity index (χ1v) is 8.29. The lowest BCUT2D eigenvalue weighted by molar-refractivity contribution is -0.120. The number of rotatable bonds is 5. The highest BCUT2D eigenvalue weighted by atomic mass is 19.1. The molecule has 0 saturated carbocycles. The molecule has 1 amide bonds. The first-order valence-electron chi connectivity index (χ1n) is 8.29. The van der Waals surface area contributed by atoms with Crippen molar-refractivity contribution < 1.29 is 9.18 Å². The fourth-order valence-electron chi connectivity index (χ4n) is 3.05. The standard InChI is InChI=1S/C20H17FN4O/c21-16-5-6-17-15(12-23-18(17)10-16)9-20(26)24-11-14-3-1-2-4-19(14)25-8-7-22-13-25/h1-8,10,12-13,23H,9,11H2,(H,24,26). The largest absolute Gasteiger partial charge is 0.361 e. The van der Waals surface area contributed by atoms with Gasteiger partial charge in [0.15, 0.2) is 0 Å². The number of hydrogen-bond acceptors (Lipinski definition) is 2. The van der Waals surface area contributed by atoms with Gasteiger partial charge in [-0.05, 0) is 35.4 Å². The van der Waals surface area contributed by atoms with E-state index in [1.165, 1.54) is 12.1 Å². The van der Waals surface area contributed by atoms with Gasteiger partial charge in [0.2, 0.25) is 5.91 Å². The molecule has 4 rings (SSSR count). The van der Waals surface area contributed by atoms with Crippen LogP contribution in [-0.2, 0) is 17.8 Å². The second-order valence-electron chi connectivity index (χ2n) is 6.06. The van der Waals surface area contributed by atoms with Crippen molar-refractivity contribution in [1.82, 2.24) is 19.9 Å². The molecule has 2 N–H and O–H groups in total. The summed E-state index contributed by atoms with van der Waals surface area (Å²) in [6.07, 6.45) is 7.30. The van der Waals surface area contributed by atoms with E-state index in [9.17, 15) is 9.18 Å². The summed E-state index contributed by atoms with van der Waals surface area (Å²) in [7, 11) is 0. The molecule has 0 spiro atoms. The summed E-state index contributed by atoms with van der Waals surface area (Å²) in [5, 5.41) is 3.82. The van der Waals surface area contributed by atoms with Crippen LogP contribution in [0.25, 0.3) is 16.6 Å². The zero-order chi connectivity index (χ0) is 17.9. The maximum Gasteiger partial charge on any atom is 0.224 e. The molecule has 0 fully saturated rings. The first-order chi connectivity index (χ1) is 12.7. The summed E-state index contributed by atoms with van der Waals surface area (Å²) < 4.78 is 15.2. The minimum Gasteiger partial charge on any atom is -0.361 e. The van der Waals surface area contributed by atoms with Crippen LogP contribution < -0.4 is 5.32 Å². The Kier molecular flexibility index (Phi) is 4.23. The lowest BCUT2D eigenvalue weighted by atomic mass is 10.1. The number of para-hydroxylation sites is 1. The Morgan fingerprint density at radius 3 is 2.92 bits per heavy atom. The van der Waals surface area contributed by atoms with Gasteiger partial charge >= 0.3 is 0 Å². The van der Waals surface area contributed by atoms with Crippen LogP contribution in [0.3, 0.4) is 0 Å². The number of imidazole rings is 1. The van der Waals surface area contributed by atoms with Crippen LogP contribution in [0, 0.1) is 5.82 Å². The number of carbonyl (C=O) groups is 1. The number of benzene rings is 2. The van der Waals surface area contributed by atoms with Crippen molar-refractivity contribution in [2.75, 3.05) is 0 Å². The number of aromatic nitrogens is 3. The number of aromatic amines is 1. The van der Waals surface area contributed by atoms with Gasteiger partial charge in [-0.2, -0.15) is 0 Å². The third-order valence-electron chi connectivity index (χ3n) is 4.33. The molecular formula is C20H17FN4O. The number of H-pyrrole nitrogens is 1. The summed E-state index contributed by atoms with van der Waals surface area (Å²) in [5.41, 5.74) is 3.52. The molecule has 0 unspecified atom stereocenters. The topological polar surface area (TPSA) is 62.7 Å². The predicted octanol–water partition coefficient (Wildman–Crippen LogP) is 3.35. The summed E-state index contributed by atoms with van der Waals surface area (Å²) in [4.78, 5) is 19.4. The number of nitrogens with zero attached hydrogens (tertiary/aromatic N) is 2. The molecule has 5 nitrogen and oxygen atoms in total. The van der Waals surface area contributed by atoms with Gasteiger partial charge in [0.1, 0.15) is 5.82 Å². The van der Waals surface area contributed by atoms with E-state index in [1.54, 1.807) is 24.8 Å². The van der Waals surface area contributed by atoms with Crippen LogP contribution in [0.5, 0.6) is 0 Å². The van der Waals surface area contributed by atoms with Crippen molar-refractivity contribution in [1.29, 1.82) is 0 Å². The first kappa shape index (κ1) is 16.1. The van der Waals surface area contributed by atoms with Gasteiger partial charge in [-0.25, -0.2) is 9.37 Å². The molecular weight excluding hydrogens is 331 g/mol. The van der Waals surface area contributed by atoms with Crippen molar-refractivity contribution in [3.05, 3.63) is 84.3 Å². The van der Waals surface area contributed by atoms with Crippen molar-refractivity contribution in [3.8, 4) is 5.69 Å². The minimum absolute atomic E-state index is 0.0874. The highest BCUT2D eigenvalue weighted by Gasteiger charge is 2.10. The SMILES string of the molecule is O=C(Cc1c[nH]c2cc(F)ccc12)NCc1ccccc1-n1ccnc1. The lowest BCUT2D eigenvalue weighted by Crippen LogP contribution is -2.25. The molecule has 0 aliphatic heterocycles. The van der Waals surface area contributed by atoms with Gasteiger partial charge in [-0.3, -0.25) is 4.79 Å². The zero-order valence-electron chi connectivity index (χ0n) is 13.9. The molecule has 0 atom stereocenters. The molecule has 2 heterocycles. The molecule has 0 bridgehead atoms. The van der Waals surface area contributed by atoms with Gasteiger partial charge < -0.3 is 14.9 Å². The second-order valence-corrected chi connectivity index (χ2v) is 6.06. The number of fused-ring (bicyclic) bond motifs is 1. The predicted molar refractivity (Wildman–Crippen MR) is 97.4 cm³/mol. The number of hydrogen-bond donors (Lipinski definition) is 2. The molecule has 0 radical (unpaired) electrons. The van der Waals surface area contributed by atoms with E-state index < -0.39 is 0 Å². The van der Waals surface area contributed by atoms with E-state index in [-0.39, 0.29) is 18.1 Å². The summed E-state index contributed by atoms with van der Waals surface area (Å²) in [5.74, 6) is -0.387. The van der Waals surface area contributed by atoms with Gasteiger partial charge in [-0.1, -0.05) is 18.2 Å². The van der Waals surface area contributed by atoms with Crippen molar-refractivity contribution in [3.63, 3.8) is 0 Å². The quantitative estimate of drug-likeness (QED) is 0.581. The fraction of sp³-hybridized carbons (Fsp3) is 0.100. The van der Waals surface area contributed by atoms with E-state index in [2.05, 4.69) is 15.3 Å². The lowest BCUT2D eigenvalue weighted by Gasteiger charge is -2.11. The van der Waals surface area contributed by atoms with E-state index >= 15 is 0 Å². The van der Waals surface area contributed by atoms with Crippen LogP contribution >= 0.6 is 0 Å². The third kappa shape index (κ3) is 3.21. The number of carbonyl (C=O) groups excluding carboxylic acids is 1. The van der Waals surface area contributed by atoms with Gasteiger partial charge in [-0.15, -0.1) is 0 Å². The number of halogens is 1. The van der Waals surface area contributed by atoms with Crippen LogP contribution in [0.2, 0.25) is 0 Å². The van der Waals surface area contributed by atoms with E-state index in [1.807, 2.05) is 35.0 Å². The van der Waals surface area contributed by atoms with Gasteiger partial charge in [0.25, 0.3) is 0 Å². The van der Waals surface area contributed by atoms with Gasteiger partial charge in [0, 0.05) is 36.0 Å². The Bertz CT molecular complexity index is 1050. The molecule has 26 heavy (non-hydrogen) atoms. The van der Waals surface area contributed by atoms with E-state index in [0.717, 1.165) is 22.2 Å². The third-order valence-corrected chi connectivity index (χ3v) is 4.33. The highest BCUT2D eigenvalue weighted by Crippen LogP contribution is 2.20. The molecule has 2 aromatic carbocycles. The van der Waals surface area contributed by atoms with Crippen molar-refractivity contribution in [2.45, 2.75) is 13.0 Å². The molecule has 0 aliphatic carbocycles. The Morgan fingerprint density at radius 2 is 2.08 bits per heavy atom. The Labute approximate surface area is 149 Å². The maximum absolute atomic E-state index is 13.3. The van der Waals surface area contributed by atoms with Crippen LogP contribution in [0.4, 0.5) is 4.39 Å². The smallest absolute Gasteiger partial charge is 0.224 e. The second kappa shape index (κ2) is 6.84. The summed E-state index contributed by atoms with van der Waals surface area (Å²) in [6, 6.07) is 12.4. The molecule has 2 aromatic heterocycles. The molecule has 4 aromatic rings. The molecule has 130 valence electrons. The normalized spacial score (nSPS) is 11.0. The van der Waals surface area contributed by atoms with Crippen LogP contribution in [0.1, 0.15) is 11.1 Å². The fourth-order valence-corrected chi connectivity index (χ4v) is 3.05. The Balaban J connectivity index is 1.46. The molecule has 0 aliphatic rings. The highest BCUT2D eigenvalue weighted by molar-refractivity contribution is 5.88. The molecule has 0 saturated heterocycles. The zero-order valence-corrected chi connectivity index (χ0v) is 13.9. The van der Waals surface area contributed by atoms with E-state index in [0.29, 0.717) is 12.1 Å². The van der Waals surface area contributed by atoms with Crippen molar-refractivity contribution >= 4 is 16.8 Å².